The van der Waals surface area contributed by atoms with Crippen LogP contribution < -0.4 is 18.6 Å². The second-order valence-electron chi connectivity index (χ2n) is 7.90. The minimum Gasteiger partial charge on any atom is -0.454 e. The summed E-state index contributed by atoms with van der Waals surface area (Å²) in [5.41, 5.74) is 1.72. The molecule has 0 radical (unpaired) electrons. The van der Waals surface area contributed by atoms with Crippen LogP contribution in [0.25, 0.3) is 10.2 Å². The van der Waals surface area contributed by atoms with Gasteiger partial charge in [0.25, 0.3) is 15.9 Å². The van der Waals surface area contributed by atoms with E-state index in [0.29, 0.717) is 28.5 Å². The average molecular weight is 522 g/mol. The van der Waals surface area contributed by atoms with Gasteiger partial charge in [-0.1, -0.05) is 35.6 Å². The Morgan fingerprint density at radius 3 is 2.47 bits per heavy atom. The summed E-state index contributed by atoms with van der Waals surface area (Å²) in [7, 11) is -3.79. The number of anilines is 1. The summed E-state index contributed by atoms with van der Waals surface area (Å²) in [4.78, 5) is 17.9. The summed E-state index contributed by atoms with van der Waals surface area (Å²) >= 11 is 1.35. The van der Waals surface area contributed by atoms with Crippen molar-refractivity contribution in [3.8, 4) is 11.5 Å². The van der Waals surface area contributed by atoms with E-state index in [0.717, 1.165) is 10.2 Å². The number of aromatic nitrogens is 1. The van der Waals surface area contributed by atoms with E-state index < -0.39 is 15.9 Å². The monoisotopic (exact) mass is 521 g/mol. The number of hydrogen-bond donors (Lipinski definition) is 0. The van der Waals surface area contributed by atoms with Gasteiger partial charge < -0.3 is 14.0 Å². The number of ether oxygens (including phenoxy) is 2. The summed E-state index contributed by atoms with van der Waals surface area (Å²) in [6.07, 6.45) is 1.73. The van der Waals surface area contributed by atoms with Crippen molar-refractivity contribution < 1.29 is 22.7 Å². The molecule has 0 spiro atoms. The van der Waals surface area contributed by atoms with E-state index in [4.69, 9.17) is 9.47 Å². The molecule has 184 valence electrons. The van der Waals surface area contributed by atoms with Gasteiger partial charge >= 0.3 is 0 Å². The maximum Gasteiger partial charge on any atom is 0.279 e. The standard InChI is InChI=1S/C26H23N3O5S2/c1-3-14-28-21-15-22-23(34-17-33-22)16-24(21)35-26(28)27-25(30)18-10-12-20(13-11-18)36(31,32)29(4-2)19-8-6-5-7-9-19/h3,5-13,15-16H,1,4,14,17H2,2H3. The molecule has 8 nitrogen and oxygen atoms in total. The fourth-order valence-corrected chi connectivity index (χ4v) is 6.51. The first kappa shape index (κ1) is 23.8. The Balaban J connectivity index is 1.47. The van der Waals surface area contributed by atoms with Crippen LogP contribution >= 0.6 is 11.3 Å². The lowest BCUT2D eigenvalue weighted by atomic mass is 10.2. The number of nitrogens with zero attached hydrogens (tertiary/aromatic N) is 3. The Hall–Kier alpha value is -3.89. The van der Waals surface area contributed by atoms with Crippen LogP contribution in [0.15, 0.2) is 89.3 Å². The molecule has 1 aliphatic heterocycles. The quantitative estimate of drug-likeness (QED) is 0.332. The Morgan fingerprint density at radius 1 is 1.11 bits per heavy atom. The lowest BCUT2D eigenvalue weighted by molar-refractivity contribution is 0.0997. The zero-order valence-corrected chi connectivity index (χ0v) is 21.1. The fraction of sp³-hybridized carbons (Fsp3) is 0.154. The molecule has 0 saturated heterocycles. The number of carbonyl (C=O) groups is 1. The zero-order valence-electron chi connectivity index (χ0n) is 19.5. The van der Waals surface area contributed by atoms with Crippen LogP contribution in [0, 0.1) is 0 Å². The van der Waals surface area contributed by atoms with Gasteiger partial charge in [-0.3, -0.25) is 9.10 Å². The Labute approximate surface area is 212 Å². The van der Waals surface area contributed by atoms with Crippen molar-refractivity contribution >= 4 is 43.2 Å². The largest absolute Gasteiger partial charge is 0.454 e. The molecule has 0 aliphatic carbocycles. The van der Waals surface area contributed by atoms with Gasteiger partial charge in [-0.05, 0) is 43.3 Å². The van der Waals surface area contributed by atoms with Crippen LogP contribution in [0.1, 0.15) is 17.3 Å². The van der Waals surface area contributed by atoms with Gasteiger partial charge in [0.05, 0.1) is 20.8 Å². The van der Waals surface area contributed by atoms with Gasteiger partial charge in [0.1, 0.15) is 0 Å². The lowest BCUT2D eigenvalue weighted by Crippen LogP contribution is -2.30. The molecule has 10 heteroatoms. The molecule has 1 aromatic heterocycles. The van der Waals surface area contributed by atoms with Crippen molar-refractivity contribution in [2.75, 3.05) is 17.6 Å². The van der Waals surface area contributed by atoms with Gasteiger partial charge in [0, 0.05) is 30.8 Å². The minimum atomic E-state index is -3.79. The number of allylic oxidation sites excluding steroid dienone is 1. The van der Waals surface area contributed by atoms with Crippen molar-refractivity contribution in [2.45, 2.75) is 18.4 Å². The number of fused-ring (bicyclic) bond motifs is 2. The summed E-state index contributed by atoms with van der Waals surface area (Å²) in [5.74, 6) is 0.823. The molecule has 0 bridgehead atoms. The lowest BCUT2D eigenvalue weighted by Gasteiger charge is -2.22. The van der Waals surface area contributed by atoms with Gasteiger partial charge in [-0.15, -0.1) is 6.58 Å². The molecule has 0 fully saturated rings. The fourth-order valence-electron chi connectivity index (χ4n) is 3.98. The number of para-hydroxylation sites is 1. The van der Waals surface area contributed by atoms with E-state index in [-0.39, 0.29) is 23.8 Å². The van der Waals surface area contributed by atoms with Crippen molar-refractivity contribution in [1.82, 2.24) is 4.57 Å². The smallest absolute Gasteiger partial charge is 0.279 e. The van der Waals surface area contributed by atoms with Gasteiger partial charge in [0.15, 0.2) is 16.3 Å². The van der Waals surface area contributed by atoms with Gasteiger partial charge in [-0.25, -0.2) is 8.42 Å². The van der Waals surface area contributed by atoms with Crippen molar-refractivity contribution in [3.63, 3.8) is 0 Å². The third-order valence-electron chi connectivity index (χ3n) is 5.71. The van der Waals surface area contributed by atoms with E-state index in [2.05, 4.69) is 11.6 Å². The maximum atomic E-state index is 13.2. The second-order valence-corrected chi connectivity index (χ2v) is 10.8. The van der Waals surface area contributed by atoms with Crippen molar-refractivity contribution in [2.24, 2.45) is 4.99 Å². The van der Waals surface area contributed by atoms with E-state index in [9.17, 15) is 13.2 Å². The molecular weight excluding hydrogens is 498 g/mol. The third-order valence-corrected chi connectivity index (χ3v) is 8.66. The summed E-state index contributed by atoms with van der Waals surface area (Å²) < 4.78 is 41.5. The van der Waals surface area contributed by atoms with Crippen LogP contribution in [-0.4, -0.2) is 32.2 Å². The summed E-state index contributed by atoms with van der Waals surface area (Å²) in [5, 5.41) is 0. The first-order chi connectivity index (χ1) is 17.4. The number of amides is 1. The number of carbonyl (C=O) groups excluding carboxylic acids is 1. The Bertz CT molecular complexity index is 1620. The van der Waals surface area contributed by atoms with Crippen molar-refractivity contribution in [3.05, 3.63) is 89.7 Å². The van der Waals surface area contributed by atoms with Crippen molar-refractivity contribution in [1.29, 1.82) is 0 Å². The Morgan fingerprint density at radius 2 is 1.81 bits per heavy atom. The molecule has 1 aliphatic rings. The maximum absolute atomic E-state index is 13.2. The number of thiazole rings is 1. The normalized spacial score (nSPS) is 13.2. The zero-order chi connectivity index (χ0) is 25.3. The number of hydrogen-bond acceptors (Lipinski definition) is 6. The number of sulfonamides is 1. The van der Waals surface area contributed by atoms with E-state index in [1.807, 2.05) is 22.8 Å². The first-order valence-electron chi connectivity index (χ1n) is 11.2. The molecule has 36 heavy (non-hydrogen) atoms. The average Bonchev–Trinajstić information content (AvgIpc) is 3.47. The predicted molar refractivity (Wildman–Crippen MR) is 139 cm³/mol. The highest BCUT2D eigenvalue weighted by Gasteiger charge is 2.24. The highest BCUT2D eigenvalue weighted by Crippen LogP contribution is 2.37. The molecule has 0 saturated carbocycles. The molecular formula is C26H23N3O5S2. The van der Waals surface area contributed by atoms with Crippen LogP contribution in [0.5, 0.6) is 11.5 Å². The first-order valence-corrected chi connectivity index (χ1v) is 13.5. The molecule has 3 aromatic carbocycles. The summed E-state index contributed by atoms with van der Waals surface area (Å²) in [6.45, 7) is 6.49. The van der Waals surface area contributed by atoms with Crippen LogP contribution in [0.4, 0.5) is 5.69 Å². The summed E-state index contributed by atoms with van der Waals surface area (Å²) in [6, 6.07) is 18.5. The van der Waals surface area contributed by atoms with Gasteiger partial charge in [0.2, 0.25) is 6.79 Å². The molecule has 1 amide bonds. The highest BCUT2D eigenvalue weighted by molar-refractivity contribution is 7.92. The molecule has 2 heterocycles. The highest BCUT2D eigenvalue weighted by atomic mass is 32.2. The molecule has 0 N–H and O–H groups in total. The van der Waals surface area contributed by atoms with E-state index in [1.54, 1.807) is 37.3 Å². The molecule has 5 rings (SSSR count). The Kier molecular flexibility index (Phi) is 6.38. The molecule has 0 unspecified atom stereocenters. The van der Waals surface area contributed by atoms with Gasteiger partial charge in [-0.2, -0.15) is 4.99 Å². The topological polar surface area (TPSA) is 90.2 Å². The van der Waals surface area contributed by atoms with E-state index in [1.165, 1.54) is 39.9 Å². The van der Waals surface area contributed by atoms with Crippen LogP contribution in [-0.2, 0) is 16.6 Å². The molecule has 0 atom stereocenters. The van der Waals surface area contributed by atoms with Crippen LogP contribution in [0.2, 0.25) is 0 Å². The minimum absolute atomic E-state index is 0.0999. The third kappa shape index (κ3) is 4.29. The number of benzene rings is 3. The number of rotatable bonds is 7. The molecule has 4 aromatic rings. The second kappa shape index (κ2) is 9.63. The SMILES string of the molecule is C=CCn1c(=NC(=O)c2ccc(S(=O)(=O)N(CC)c3ccccc3)cc2)sc2cc3c(cc21)OCO3. The van der Waals surface area contributed by atoms with Crippen LogP contribution in [0.3, 0.4) is 0 Å². The predicted octanol–water partition coefficient (Wildman–Crippen LogP) is 4.57. The van der Waals surface area contributed by atoms with E-state index >= 15 is 0 Å².